The van der Waals surface area contributed by atoms with Crippen molar-refractivity contribution < 1.29 is 4.79 Å². The molecule has 1 aliphatic carbocycles. The Morgan fingerprint density at radius 2 is 2.17 bits per heavy atom. The minimum Gasteiger partial charge on any atom is -0.399 e. The van der Waals surface area contributed by atoms with Crippen LogP contribution in [-0.2, 0) is 0 Å². The van der Waals surface area contributed by atoms with Crippen molar-refractivity contribution >= 4 is 35.6 Å². The van der Waals surface area contributed by atoms with Gasteiger partial charge in [-0.05, 0) is 43.4 Å². The van der Waals surface area contributed by atoms with Crippen LogP contribution in [-0.4, -0.2) is 23.4 Å². The van der Waals surface area contributed by atoms with E-state index in [1.807, 2.05) is 4.90 Å². The molecule has 18 heavy (non-hydrogen) atoms. The lowest BCUT2D eigenvalue weighted by atomic mass is 10.1. The van der Waals surface area contributed by atoms with Crippen LogP contribution in [0.3, 0.4) is 0 Å². The Morgan fingerprint density at radius 1 is 1.39 bits per heavy atom. The van der Waals surface area contributed by atoms with E-state index in [4.69, 9.17) is 17.3 Å². The van der Waals surface area contributed by atoms with Crippen LogP contribution >= 0.6 is 24.0 Å². The molecule has 98 valence electrons. The Hall–Kier alpha value is -0.930. The summed E-state index contributed by atoms with van der Waals surface area (Å²) in [6.45, 7) is 0.893. The fraction of sp³-hybridized carbons (Fsp3) is 0.462. The number of benzene rings is 1. The third kappa shape index (κ3) is 2.17. The molecule has 1 aromatic rings. The van der Waals surface area contributed by atoms with E-state index in [1.54, 1.807) is 18.2 Å². The SMILES string of the molecule is Cl.Nc1ccc(C(=O)N2CC3CCC2C3)c(Cl)c1. The van der Waals surface area contributed by atoms with Gasteiger partial charge < -0.3 is 10.6 Å². The maximum atomic E-state index is 12.4. The highest BCUT2D eigenvalue weighted by atomic mass is 35.5. The summed E-state index contributed by atoms with van der Waals surface area (Å²) in [7, 11) is 0. The molecule has 0 spiro atoms. The van der Waals surface area contributed by atoms with Crippen LogP contribution in [0, 0.1) is 5.92 Å². The Morgan fingerprint density at radius 3 is 2.72 bits per heavy atom. The summed E-state index contributed by atoms with van der Waals surface area (Å²) in [5.41, 5.74) is 6.80. The third-order valence-corrected chi connectivity index (χ3v) is 4.21. The van der Waals surface area contributed by atoms with Gasteiger partial charge in [0.05, 0.1) is 10.6 Å². The number of nitrogens with zero attached hydrogens (tertiary/aromatic N) is 1. The van der Waals surface area contributed by atoms with Gasteiger partial charge in [0.2, 0.25) is 0 Å². The highest BCUT2D eigenvalue weighted by Crippen LogP contribution is 2.38. The topological polar surface area (TPSA) is 46.3 Å². The second-order valence-corrected chi connectivity index (χ2v) is 5.44. The number of piperidine rings is 1. The molecule has 2 fully saturated rings. The van der Waals surface area contributed by atoms with Gasteiger partial charge in [-0.15, -0.1) is 12.4 Å². The minimum absolute atomic E-state index is 0. The molecule has 2 N–H and O–H groups in total. The van der Waals surface area contributed by atoms with Gasteiger partial charge in [-0.1, -0.05) is 11.6 Å². The van der Waals surface area contributed by atoms with Crippen molar-refractivity contribution in [3.8, 4) is 0 Å². The molecule has 1 amide bonds. The average molecular weight is 287 g/mol. The largest absolute Gasteiger partial charge is 0.399 e. The van der Waals surface area contributed by atoms with Gasteiger partial charge in [0.25, 0.3) is 5.91 Å². The van der Waals surface area contributed by atoms with Gasteiger partial charge in [0.1, 0.15) is 0 Å². The van der Waals surface area contributed by atoms with E-state index >= 15 is 0 Å². The van der Waals surface area contributed by atoms with Crippen molar-refractivity contribution in [2.75, 3.05) is 12.3 Å². The normalized spacial score (nSPS) is 25.1. The van der Waals surface area contributed by atoms with Crippen LogP contribution in [0.5, 0.6) is 0 Å². The summed E-state index contributed by atoms with van der Waals surface area (Å²) >= 11 is 6.08. The van der Waals surface area contributed by atoms with Crippen LogP contribution < -0.4 is 5.73 Å². The lowest BCUT2D eigenvalue weighted by molar-refractivity contribution is 0.0704. The number of rotatable bonds is 1. The number of amides is 1. The molecule has 1 aliphatic heterocycles. The van der Waals surface area contributed by atoms with E-state index in [2.05, 4.69) is 0 Å². The van der Waals surface area contributed by atoms with Crippen LogP contribution in [0.4, 0.5) is 5.69 Å². The number of anilines is 1. The molecule has 5 heteroatoms. The Labute approximate surface area is 118 Å². The second kappa shape index (κ2) is 4.98. The molecule has 1 saturated carbocycles. The summed E-state index contributed by atoms with van der Waals surface area (Å²) < 4.78 is 0. The Kier molecular flexibility index (Phi) is 3.74. The molecule has 2 unspecified atom stereocenters. The van der Waals surface area contributed by atoms with Crippen molar-refractivity contribution in [3.05, 3.63) is 28.8 Å². The third-order valence-electron chi connectivity index (χ3n) is 3.89. The molecule has 3 rings (SSSR count). The van der Waals surface area contributed by atoms with Crippen molar-refractivity contribution in [3.63, 3.8) is 0 Å². The lowest BCUT2D eigenvalue weighted by Crippen LogP contribution is -2.37. The molecule has 1 heterocycles. The zero-order chi connectivity index (χ0) is 12.0. The van der Waals surface area contributed by atoms with Crippen LogP contribution in [0.1, 0.15) is 29.6 Å². The van der Waals surface area contributed by atoms with E-state index in [-0.39, 0.29) is 18.3 Å². The molecule has 1 aromatic carbocycles. The van der Waals surface area contributed by atoms with Crippen LogP contribution in [0.2, 0.25) is 5.02 Å². The van der Waals surface area contributed by atoms with Crippen LogP contribution in [0.15, 0.2) is 18.2 Å². The predicted octanol–water partition coefficient (Wildman–Crippen LogP) is 2.97. The van der Waals surface area contributed by atoms with Crippen molar-refractivity contribution in [1.29, 1.82) is 0 Å². The number of nitrogens with two attached hydrogens (primary N) is 1. The standard InChI is InChI=1S/C13H15ClN2O.ClH/c14-12-6-9(15)2-4-11(12)13(17)16-7-8-1-3-10(16)5-8;/h2,4,6,8,10H,1,3,5,7,15H2;1H. The smallest absolute Gasteiger partial charge is 0.255 e. The Bertz CT molecular complexity index is 478. The molecular weight excluding hydrogens is 271 g/mol. The monoisotopic (exact) mass is 286 g/mol. The highest BCUT2D eigenvalue weighted by Gasteiger charge is 2.40. The van der Waals surface area contributed by atoms with Gasteiger partial charge in [-0.3, -0.25) is 4.79 Å². The zero-order valence-electron chi connectivity index (χ0n) is 9.93. The number of nitrogen functional groups attached to an aromatic ring is 1. The van der Waals surface area contributed by atoms with Crippen LogP contribution in [0.25, 0.3) is 0 Å². The van der Waals surface area contributed by atoms with Crippen molar-refractivity contribution in [2.45, 2.75) is 25.3 Å². The highest BCUT2D eigenvalue weighted by molar-refractivity contribution is 6.34. The van der Waals surface area contributed by atoms with Gasteiger partial charge in [-0.2, -0.15) is 0 Å². The van der Waals surface area contributed by atoms with E-state index in [1.165, 1.54) is 12.8 Å². The quantitative estimate of drug-likeness (QED) is 0.807. The van der Waals surface area contributed by atoms with Gasteiger partial charge in [0, 0.05) is 18.3 Å². The molecule has 3 nitrogen and oxygen atoms in total. The number of carbonyl (C=O) groups excluding carboxylic acids is 1. The summed E-state index contributed by atoms with van der Waals surface area (Å²) in [4.78, 5) is 14.3. The van der Waals surface area contributed by atoms with Crippen molar-refractivity contribution in [1.82, 2.24) is 4.90 Å². The molecule has 2 bridgehead atoms. The second-order valence-electron chi connectivity index (χ2n) is 5.03. The number of halogens is 2. The molecule has 2 atom stereocenters. The molecule has 0 radical (unpaired) electrons. The fourth-order valence-corrected chi connectivity index (χ4v) is 3.30. The van der Waals surface area contributed by atoms with Gasteiger partial charge in [-0.25, -0.2) is 0 Å². The number of carbonyl (C=O) groups is 1. The minimum atomic E-state index is 0. The van der Waals surface area contributed by atoms with E-state index in [9.17, 15) is 4.79 Å². The number of hydrogen-bond donors (Lipinski definition) is 1. The fourth-order valence-electron chi connectivity index (χ4n) is 3.03. The summed E-state index contributed by atoms with van der Waals surface area (Å²) in [5, 5.41) is 0.456. The van der Waals surface area contributed by atoms with E-state index in [0.717, 1.165) is 13.0 Å². The van der Waals surface area contributed by atoms with Gasteiger partial charge >= 0.3 is 0 Å². The number of hydrogen-bond acceptors (Lipinski definition) is 2. The zero-order valence-corrected chi connectivity index (χ0v) is 11.5. The predicted molar refractivity (Wildman–Crippen MR) is 75.3 cm³/mol. The summed E-state index contributed by atoms with van der Waals surface area (Å²) in [5.74, 6) is 0.763. The maximum Gasteiger partial charge on any atom is 0.255 e. The molecule has 2 aliphatic rings. The number of likely N-dealkylation sites (tertiary alicyclic amines) is 1. The molecule has 1 saturated heterocycles. The average Bonchev–Trinajstić information content (AvgIpc) is 2.89. The van der Waals surface area contributed by atoms with E-state index in [0.29, 0.717) is 28.2 Å². The first-order valence-electron chi connectivity index (χ1n) is 6.01. The number of fused-ring (bicyclic) bond motifs is 2. The first kappa shape index (κ1) is 13.5. The first-order chi connectivity index (χ1) is 8.15. The lowest BCUT2D eigenvalue weighted by Gasteiger charge is -2.27. The molecule has 0 aromatic heterocycles. The summed E-state index contributed by atoms with van der Waals surface area (Å²) in [6, 6.07) is 5.53. The molecular formula is C13H16Cl2N2O. The van der Waals surface area contributed by atoms with Gasteiger partial charge in [0.15, 0.2) is 0 Å². The first-order valence-corrected chi connectivity index (χ1v) is 6.39. The van der Waals surface area contributed by atoms with E-state index < -0.39 is 0 Å². The van der Waals surface area contributed by atoms with Crippen molar-refractivity contribution in [2.24, 2.45) is 5.92 Å². The summed E-state index contributed by atoms with van der Waals surface area (Å²) in [6.07, 6.45) is 3.57. The maximum absolute atomic E-state index is 12.4. The Balaban J connectivity index is 0.00000120.